The van der Waals surface area contributed by atoms with Crippen molar-refractivity contribution in [1.29, 1.82) is 0 Å². The third kappa shape index (κ3) is 6.19. The van der Waals surface area contributed by atoms with Gasteiger partial charge in [-0.1, -0.05) is 0 Å². The van der Waals surface area contributed by atoms with Crippen LogP contribution < -0.4 is 5.32 Å². The van der Waals surface area contributed by atoms with Crippen molar-refractivity contribution in [3.8, 4) is 0 Å². The summed E-state index contributed by atoms with van der Waals surface area (Å²) in [7, 11) is 1.41. The SMILES string of the molecule is COCCN(CC(=O)NC1CCC2(CC1)OCCO2)CC(F)(F)F. The van der Waals surface area contributed by atoms with Gasteiger partial charge in [-0.15, -0.1) is 0 Å². The molecule has 2 rings (SSSR count). The predicted molar refractivity (Wildman–Crippen MR) is 79.4 cm³/mol. The molecule has 0 aromatic carbocycles. The summed E-state index contributed by atoms with van der Waals surface area (Å²) in [5, 5.41) is 2.82. The van der Waals surface area contributed by atoms with E-state index in [9.17, 15) is 18.0 Å². The van der Waals surface area contributed by atoms with Gasteiger partial charge in [0.05, 0.1) is 32.9 Å². The fraction of sp³-hybridized carbons (Fsp3) is 0.933. The number of carbonyl (C=O) groups is 1. The average Bonchev–Trinajstić information content (AvgIpc) is 2.94. The normalized spacial score (nSPS) is 21.5. The fourth-order valence-corrected chi connectivity index (χ4v) is 3.15. The number of halogens is 3. The summed E-state index contributed by atoms with van der Waals surface area (Å²) in [5.74, 6) is -0.910. The van der Waals surface area contributed by atoms with E-state index in [1.165, 1.54) is 7.11 Å². The summed E-state index contributed by atoms with van der Waals surface area (Å²) in [6.45, 7) is -0.0501. The molecule has 24 heavy (non-hydrogen) atoms. The maximum Gasteiger partial charge on any atom is 0.401 e. The topological polar surface area (TPSA) is 60.0 Å². The molecule has 1 heterocycles. The molecule has 6 nitrogen and oxygen atoms in total. The van der Waals surface area contributed by atoms with Crippen molar-refractivity contribution in [2.45, 2.75) is 43.7 Å². The lowest BCUT2D eigenvalue weighted by Crippen LogP contribution is -2.48. The number of hydrogen-bond donors (Lipinski definition) is 1. The zero-order chi connectivity index (χ0) is 17.6. The molecular formula is C15H25F3N2O4. The molecule has 9 heteroatoms. The third-order valence-electron chi connectivity index (χ3n) is 4.31. The van der Waals surface area contributed by atoms with Crippen LogP contribution in [0.1, 0.15) is 25.7 Å². The Bertz CT molecular complexity index is 404. The van der Waals surface area contributed by atoms with E-state index in [2.05, 4.69) is 5.32 Å². The first kappa shape index (κ1) is 19.4. The van der Waals surface area contributed by atoms with Gasteiger partial charge in [-0.05, 0) is 12.8 Å². The van der Waals surface area contributed by atoms with E-state index in [0.29, 0.717) is 38.9 Å². The molecule has 1 N–H and O–H groups in total. The van der Waals surface area contributed by atoms with Gasteiger partial charge in [0, 0.05) is 32.5 Å². The van der Waals surface area contributed by atoms with Gasteiger partial charge in [-0.25, -0.2) is 0 Å². The predicted octanol–water partition coefficient (Wildman–Crippen LogP) is 1.30. The van der Waals surface area contributed by atoms with Crippen LogP contribution in [0, 0.1) is 0 Å². The number of amides is 1. The molecule has 0 atom stereocenters. The van der Waals surface area contributed by atoms with Crippen LogP contribution in [0.4, 0.5) is 13.2 Å². The number of nitrogens with zero attached hydrogens (tertiary/aromatic N) is 1. The second-order valence-electron chi connectivity index (χ2n) is 6.27. The molecule has 2 aliphatic rings. The fourth-order valence-electron chi connectivity index (χ4n) is 3.15. The van der Waals surface area contributed by atoms with E-state index in [1.807, 2.05) is 0 Å². The third-order valence-corrected chi connectivity index (χ3v) is 4.31. The van der Waals surface area contributed by atoms with Crippen molar-refractivity contribution in [1.82, 2.24) is 10.2 Å². The minimum absolute atomic E-state index is 0.0499. The van der Waals surface area contributed by atoms with Gasteiger partial charge >= 0.3 is 6.18 Å². The smallest absolute Gasteiger partial charge is 0.383 e. The lowest BCUT2D eigenvalue weighted by molar-refractivity contribution is -0.180. The van der Waals surface area contributed by atoms with Crippen molar-refractivity contribution in [3.63, 3.8) is 0 Å². The van der Waals surface area contributed by atoms with Crippen LogP contribution in [0.25, 0.3) is 0 Å². The van der Waals surface area contributed by atoms with E-state index in [-0.39, 0.29) is 25.7 Å². The molecule has 1 aliphatic carbocycles. The lowest BCUT2D eigenvalue weighted by atomic mass is 9.90. The molecule has 0 bridgehead atoms. The van der Waals surface area contributed by atoms with E-state index < -0.39 is 24.4 Å². The second-order valence-corrected chi connectivity index (χ2v) is 6.27. The summed E-state index contributed by atoms with van der Waals surface area (Å²) in [6.07, 6.45) is -1.57. The average molecular weight is 354 g/mol. The van der Waals surface area contributed by atoms with Gasteiger partial charge < -0.3 is 19.5 Å². The highest BCUT2D eigenvalue weighted by Crippen LogP contribution is 2.35. The molecule has 1 saturated carbocycles. The Morgan fingerprint density at radius 1 is 1.29 bits per heavy atom. The minimum Gasteiger partial charge on any atom is -0.383 e. The van der Waals surface area contributed by atoms with Crippen LogP contribution in [-0.2, 0) is 19.0 Å². The zero-order valence-corrected chi connectivity index (χ0v) is 13.9. The largest absolute Gasteiger partial charge is 0.401 e. The van der Waals surface area contributed by atoms with Gasteiger partial charge in [-0.3, -0.25) is 9.69 Å². The van der Waals surface area contributed by atoms with Crippen LogP contribution in [0.15, 0.2) is 0 Å². The first-order valence-electron chi connectivity index (χ1n) is 8.17. The molecule has 0 radical (unpaired) electrons. The Kier molecular flexibility index (Phi) is 6.85. The molecule has 0 unspecified atom stereocenters. The number of carbonyl (C=O) groups excluding carboxylic acids is 1. The van der Waals surface area contributed by atoms with Crippen molar-refractivity contribution in [2.24, 2.45) is 0 Å². The number of rotatable bonds is 7. The maximum atomic E-state index is 12.6. The number of methoxy groups -OCH3 is 1. The Labute approximate surface area is 139 Å². The molecule has 1 saturated heterocycles. The summed E-state index contributed by atoms with van der Waals surface area (Å²) in [5.41, 5.74) is 0. The van der Waals surface area contributed by atoms with Gasteiger partial charge in [0.25, 0.3) is 0 Å². The highest BCUT2D eigenvalue weighted by atomic mass is 19.4. The standard InChI is InChI=1S/C15H25F3N2O4/c1-22-7-6-20(11-15(16,17)18)10-13(21)19-12-2-4-14(5-3-12)23-8-9-24-14/h12H,2-11H2,1H3,(H,19,21). The van der Waals surface area contributed by atoms with E-state index in [1.54, 1.807) is 0 Å². The number of ether oxygens (including phenoxy) is 3. The van der Waals surface area contributed by atoms with Crippen LogP contribution in [0.3, 0.4) is 0 Å². The van der Waals surface area contributed by atoms with Gasteiger partial charge in [0.2, 0.25) is 5.91 Å². The van der Waals surface area contributed by atoms with E-state index in [0.717, 1.165) is 4.90 Å². The molecular weight excluding hydrogens is 329 g/mol. The van der Waals surface area contributed by atoms with Crippen molar-refractivity contribution >= 4 is 5.91 Å². The summed E-state index contributed by atoms with van der Waals surface area (Å²) in [4.78, 5) is 13.1. The van der Waals surface area contributed by atoms with Crippen molar-refractivity contribution in [3.05, 3.63) is 0 Å². The monoisotopic (exact) mass is 354 g/mol. The Morgan fingerprint density at radius 2 is 1.92 bits per heavy atom. The van der Waals surface area contributed by atoms with E-state index >= 15 is 0 Å². The summed E-state index contributed by atoms with van der Waals surface area (Å²) < 4.78 is 53.7. The molecule has 2 fully saturated rings. The highest BCUT2D eigenvalue weighted by Gasteiger charge is 2.40. The molecule has 0 aromatic rings. The minimum atomic E-state index is -4.34. The Hall–Kier alpha value is -0.900. The maximum absolute atomic E-state index is 12.6. The Morgan fingerprint density at radius 3 is 2.46 bits per heavy atom. The van der Waals surface area contributed by atoms with Crippen LogP contribution >= 0.6 is 0 Å². The number of alkyl halides is 3. The second kappa shape index (κ2) is 8.46. The van der Waals surface area contributed by atoms with Crippen LogP contribution in [0.2, 0.25) is 0 Å². The molecule has 0 aromatic heterocycles. The molecule has 1 spiro atoms. The van der Waals surface area contributed by atoms with Crippen LogP contribution in [-0.4, -0.2) is 75.4 Å². The van der Waals surface area contributed by atoms with Crippen LogP contribution in [0.5, 0.6) is 0 Å². The first-order chi connectivity index (χ1) is 11.3. The Balaban J connectivity index is 1.76. The van der Waals surface area contributed by atoms with Crippen molar-refractivity contribution in [2.75, 3.05) is 46.6 Å². The van der Waals surface area contributed by atoms with Gasteiger partial charge in [0.15, 0.2) is 5.79 Å². The zero-order valence-electron chi connectivity index (χ0n) is 13.9. The van der Waals surface area contributed by atoms with Gasteiger partial charge in [-0.2, -0.15) is 13.2 Å². The van der Waals surface area contributed by atoms with Gasteiger partial charge in [0.1, 0.15) is 0 Å². The molecule has 1 aliphatic heterocycles. The van der Waals surface area contributed by atoms with Crippen molar-refractivity contribution < 1.29 is 32.2 Å². The number of nitrogens with one attached hydrogen (secondary N) is 1. The summed E-state index contributed by atoms with van der Waals surface area (Å²) >= 11 is 0. The quantitative estimate of drug-likeness (QED) is 0.747. The van der Waals surface area contributed by atoms with E-state index in [4.69, 9.17) is 14.2 Å². The number of hydrogen-bond acceptors (Lipinski definition) is 5. The first-order valence-corrected chi connectivity index (χ1v) is 8.17. The highest BCUT2D eigenvalue weighted by molar-refractivity contribution is 5.78. The molecule has 140 valence electrons. The lowest BCUT2D eigenvalue weighted by Gasteiger charge is -2.35. The summed E-state index contributed by atoms with van der Waals surface area (Å²) in [6, 6.07) is -0.0499. The molecule has 1 amide bonds.